The van der Waals surface area contributed by atoms with E-state index in [0.29, 0.717) is 6.04 Å². The lowest BCUT2D eigenvalue weighted by molar-refractivity contribution is 0.0547. The van der Waals surface area contributed by atoms with Crippen molar-refractivity contribution in [3.05, 3.63) is 22.4 Å². The van der Waals surface area contributed by atoms with Crippen LogP contribution in [-0.4, -0.2) is 7.11 Å². The molecule has 0 spiro atoms. The van der Waals surface area contributed by atoms with Gasteiger partial charge in [-0.05, 0) is 30.2 Å². The smallest absolute Gasteiger partial charge is 0.0692 e. The van der Waals surface area contributed by atoms with Crippen LogP contribution in [0.25, 0.3) is 0 Å². The van der Waals surface area contributed by atoms with E-state index in [0.717, 1.165) is 5.92 Å². The number of thiophene rings is 1. The van der Waals surface area contributed by atoms with E-state index in [9.17, 15) is 0 Å². The maximum atomic E-state index is 4.99. The van der Waals surface area contributed by atoms with Gasteiger partial charge < -0.3 is 4.84 Å². The Labute approximate surface area is 76.5 Å². The monoisotopic (exact) mass is 183 g/mol. The van der Waals surface area contributed by atoms with Crippen LogP contribution >= 0.6 is 11.3 Å². The quantitative estimate of drug-likeness (QED) is 0.723. The number of hydroxylamine groups is 1. The fourth-order valence-electron chi connectivity index (χ4n) is 1.41. The highest BCUT2D eigenvalue weighted by atomic mass is 32.1. The van der Waals surface area contributed by atoms with E-state index in [2.05, 4.69) is 23.0 Å². The number of rotatable bonds is 4. The molecule has 2 rings (SSSR count). The third-order valence-electron chi connectivity index (χ3n) is 2.19. The van der Waals surface area contributed by atoms with E-state index >= 15 is 0 Å². The molecule has 1 unspecified atom stereocenters. The number of hydrogen-bond acceptors (Lipinski definition) is 3. The van der Waals surface area contributed by atoms with Gasteiger partial charge in [0, 0.05) is 4.88 Å². The van der Waals surface area contributed by atoms with Gasteiger partial charge in [0.1, 0.15) is 0 Å². The third-order valence-corrected chi connectivity index (χ3v) is 3.14. The molecule has 1 heterocycles. The first-order chi connectivity index (χ1) is 5.92. The SMILES string of the molecule is CONC(c1cccs1)C1CC1. The summed E-state index contributed by atoms with van der Waals surface area (Å²) >= 11 is 1.80. The van der Waals surface area contributed by atoms with Gasteiger partial charge in [-0.1, -0.05) is 6.07 Å². The Morgan fingerprint density at radius 2 is 2.50 bits per heavy atom. The summed E-state index contributed by atoms with van der Waals surface area (Å²) in [6.07, 6.45) is 2.66. The minimum atomic E-state index is 0.426. The Morgan fingerprint density at radius 1 is 1.67 bits per heavy atom. The van der Waals surface area contributed by atoms with Crippen LogP contribution in [0.4, 0.5) is 0 Å². The van der Waals surface area contributed by atoms with E-state index in [1.165, 1.54) is 17.7 Å². The van der Waals surface area contributed by atoms with Crippen LogP contribution in [0.3, 0.4) is 0 Å². The molecular formula is C9H13NOS. The molecule has 0 radical (unpaired) electrons. The lowest BCUT2D eigenvalue weighted by Crippen LogP contribution is -2.20. The fourth-order valence-corrected chi connectivity index (χ4v) is 2.27. The van der Waals surface area contributed by atoms with E-state index in [1.807, 2.05) is 0 Å². The second kappa shape index (κ2) is 3.56. The number of hydrogen-bond donors (Lipinski definition) is 1. The molecule has 1 aromatic rings. The maximum Gasteiger partial charge on any atom is 0.0692 e. The molecule has 1 aromatic heterocycles. The third kappa shape index (κ3) is 1.68. The largest absolute Gasteiger partial charge is 0.304 e. The Morgan fingerprint density at radius 3 is 3.00 bits per heavy atom. The molecule has 3 heteroatoms. The Bertz CT molecular complexity index is 231. The van der Waals surface area contributed by atoms with E-state index < -0.39 is 0 Å². The van der Waals surface area contributed by atoms with E-state index in [1.54, 1.807) is 18.4 Å². The van der Waals surface area contributed by atoms with Crippen LogP contribution < -0.4 is 5.48 Å². The Balaban J connectivity index is 2.05. The molecule has 2 nitrogen and oxygen atoms in total. The minimum Gasteiger partial charge on any atom is -0.304 e. The van der Waals surface area contributed by atoms with Gasteiger partial charge in [-0.3, -0.25) is 0 Å². The highest BCUT2D eigenvalue weighted by Gasteiger charge is 2.32. The van der Waals surface area contributed by atoms with Gasteiger partial charge in [0.15, 0.2) is 0 Å². The molecule has 1 atom stereocenters. The summed E-state index contributed by atoms with van der Waals surface area (Å²) in [5, 5.41) is 2.11. The fraction of sp³-hybridized carbons (Fsp3) is 0.556. The number of nitrogens with one attached hydrogen (secondary N) is 1. The van der Waals surface area contributed by atoms with Gasteiger partial charge in [0.05, 0.1) is 13.2 Å². The lowest BCUT2D eigenvalue weighted by Gasteiger charge is -2.14. The first kappa shape index (κ1) is 8.23. The van der Waals surface area contributed by atoms with Gasteiger partial charge in [-0.2, -0.15) is 5.48 Å². The summed E-state index contributed by atoms with van der Waals surface area (Å²) < 4.78 is 0. The van der Waals surface area contributed by atoms with Crippen molar-refractivity contribution < 1.29 is 4.84 Å². The van der Waals surface area contributed by atoms with E-state index in [4.69, 9.17) is 4.84 Å². The van der Waals surface area contributed by atoms with Crippen LogP contribution in [0.15, 0.2) is 17.5 Å². The molecule has 0 aliphatic heterocycles. The van der Waals surface area contributed by atoms with Crippen LogP contribution in [0.5, 0.6) is 0 Å². The first-order valence-electron chi connectivity index (χ1n) is 4.23. The predicted octanol–water partition coefficient (Wildman–Crippen LogP) is 2.35. The summed E-state index contributed by atoms with van der Waals surface area (Å²) in [6, 6.07) is 4.68. The second-order valence-corrected chi connectivity index (χ2v) is 4.13. The molecule has 1 aliphatic rings. The van der Waals surface area contributed by atoms with Crippen LogP contribution in [0, 0.1) is 5.92 Å². The average molecular weight is 183 g/mol. The molecular weight excluding hydrogens is 170 g/mol. The molecule has 1 aliphatic carbocycles. The van der Waals surface area contributed by atoms with Crippen molar-refractivity contribution in [3.63, 3.8) is 0 Å². The lowest BCUT2D eigenvalue weighted by atomic mass is 10.1. The summed E-state index contributed by atoms with van der Waals surface area (Å²) in [4.78, 5) is 6.37. The molecule has 1 saturated carbocycles. The van der Waals surface area contributed by atoms with Gasteiger partial charge in [0.25, 0.3) is 0 Å². The summed E-state index contributed by atoms with van der Waals surface area (Å²) in [6.45, 7) is 0. The molecule has 0 amide bonds. The topological polar surface area (TPSA) is 21.3 Å². The standard InChI is InChI=1S/C9H13NOS/c1-11-10-9(7-4-5-7)8-3-2-6-12-8/h2-3,6-7,9-10H,4-5H2,1H3. The highest BCUT2D eigenvalue weighted by Crippen LogP contribution is 2.42. The van der Waals surface area contributed by atoms with Gasteiger partial charge in [-0.15, -0.1) is 11.3 Å². The van der Waals surface area contributed by atoms with Crippen molar-refractivity contribution in [2.24, 2.45) is 5.92 Å². The minimum absolute atomic E-state index is 0.426. The molecule has 0 aromatic carbocycles. The molecule has 66 valence electrons. The zero-order valence-corrected chi connectivity index (χ0v) is 7.93. The maximum absolute atomic E-state index is 4.99. The average Bonchev–Trinajstić information content (AvgIpc) is 2.77. The molecule has 1 fully saturated rings. The van der Waals surface area contributed by atoms with Crippen molar-refractivity contribution >= 4 is 11.3 Å². The summed E-state index contributed by atoms with van der Waals surface area (Å²) in [7, 11) is 1.68. The summed E-state index contributed by atoms with van der Waals surface area (Å²) in [5.74, 6) is 0.795. The van der Waals surface area contributed by atoms with Gasteiger partial charge in [-0.25, -0.2) is 0 Å². The van der Waals surface area contributed by atoms with Crippen LogP contribution in [0.1, 0.15) is 23.8 Å². The molecule has 0 bridgehead atoms. The van der Waals surface area contributed by atoms with Gasteiger partial charge >= 0.3 is 0 Å². The normalized spacial score (nSPS) is 19.4. The van der Waals surface area contributed by atoms with Crippen molar-refractivity contribution in [2.45, 2.75) is 18.9 Å². The van der Waals surface area contributed by atoms with E-state index in [-0.39, 0.29) is 0 Å². The van der Waals surface area contributed by atoms with Crippen LogP contribution in [-0.2, 0) is 4.84 Å². The molecule has 12 heavy (non-hydrogen) atoms. The second-order valence-electron chi connectivity index (χ2n) is 3.15. The van der Waals surface area contributed by atoms with Crippen LogP contribution in [0.2, 0.25) is 0 Å². The zero-order valence-electron chi connectivity index (χ0n) is 7.12. The van der Waals surface area contributed by atoms with Crippen molar-refractivity contribution in [3.8, 4) is 0 Å². The first-order valence-corrected chi connectivity index (χ1v) is 5.11. The molecule has 0 saturated heterocycles. The van der Waals surface area contributed by atoms with Gasteiger partial charge in [0.2, 0.25) is 0 Å². The van der Waals surface area contributed by atoms with Crippen molar-refractivity contribution in [1.82, 2.24) is 5.48 Å². The predicted molar refractivity (Wildman–Crippen MR) is 49.9 cm³/mol. The highest BCUT2D eigenvalue weighted by molar-refractivity contribution is 7.10. The van der Waals surface area contributed by atoms with Crippen molar-refractivity contribution in [2.75, 3.05) is 7.11 Å². The zero-order chi connectivity index (χ0) is 8.39. The molecule has 1 N–H and O–H groups in total. The Hall–Kier alpha value is -0.380. The Kier molecular flexibility index (Phi) is 2.44. The van der Waals surface area contributed by atoms with Crippen molar-refractivity contribution in [1.29, 1.82) is 0 Å². The summed E-state index contributed by atoms with van der Waals surface area (Å²) in [5.41, 5.74) is 3.06.